The van der Waals surface area contributed by atoms with Crippen molar-refractivity contribution in [2.75, 3.05) is 26.0 Å². The van der Waals surface area contributed by atoms with Gasteiger partial charge in [0.1, 0.15) is 0 Å². The molecule has 0 atom stereocenters. The Morgan fingerprint density at radius 2 is 1.33 bits per heavy atom. The minimum atomic E-state index is -3.04. The van der Waals surface area contributed by atoms with Gasteiger partial charge in [-0.05, 0) is 26.7 Å². The first-order valence-electron chi connectivity index (χ1n) is 9.61. The van der Waals surface area contributed by atoms with E-state index >= 15 is 0 Å². The van der Waals surface area contributed by atoms with Crippen molar-refractivity contribution in [2.24, 2.45) is 0 Å². The van der Waals surface area contributed by atoms with Gasteiger partial charge in [-0.25, -0.2) is 0 Å². The van der Waals surface area contributed by atoms with Crippen molar-refractivity contribution in [1.29, 1.82) is 0 Å². The molecule has 0 aliphatic heterocycles. The lowest BCUT2D eigenvalue weighted by atomic mass is 10.1. The van der Waals surface area contributed by atoms with Gasteiger partial charge in [0.25, 0.3) is 0 Å². The van der Waals surface area contributed by atoms with Crippen molar-refractivity contribution in [2.45, 2.75) is 85.0 Å². The highest BCUT2D eigenvalue weighted by Gasteiger charge is 2.23. The molecule has 144 valence electrons. The molecule has 0 aromatic rings. The molecule has 0 amide bonds. The van der Waals surface area contributed by atoms with Crippen molar-refractivity contribution in [3.05, 3.63) is 0 Å². The Morgan fingerprint density at radius 3 is 1.88 bits per heavy atom. The molecule has 6 heteroatoms. The van der Waals surface area contributed by atoms with E-state index in [1.54, 1.807) is 13.8 Å². The molecule has 0 aliphatic rings. The lowest BCUT2D eigenvalue weighted by Gasteiger charge is -2.16. The molecule has 24 heavy (non-hydrogen) atoms. The molecule has 0 heterocycles. The van der Waals surface area contributed by atoms with E-state index in [9.17, 15) is 9.36 Å². The van der Waals surface area contributed by atoms with E-state index in [4.69, 9.17) is 13.8 Å². The predicted octanol–water partition coefficient (Wildman–Crippen LogP) is 5.72. The maximum Gasteiger partial charge on any atom is 0.330 e. The van der Waals surface area contributed by atoms with Gasteiger partial charge in [0.15, 0.2) is 0 Å². The second kappa shape index (κ2) is 16.1. The molecule has 0 aromatic carbocycles. The topological polar surface area (TPSA) is 61.8 Å². The standard InChI is InChI=1S/C18H37O5P/c1-4-7-8-9-10-11-12-13-16-21-18(19)15-14-17-24(20,22-5-2)23-6-3/h4-17H2,1-3H3. The zero-order chi connectivity index (χ0) is 18.1. The summed E-state index contributed by atoms with van der Waals surface area (Å²) in [6.45, 7) is 6.97. The van der Waals surface area contributed by atoms with Gasteiger partial charge in [-0.15, -0.1) is 0 Å². The van der Waals surface area contributed by atoms with Crippen LogP contribution in [0.3, 0.4) is 0 Å². The van der Waals surface area contributed by atoms with E-state index in [0.29, 0.717) is 26.2 Å². The first kappa shape index (κ1) is 23.6. The SMILES string of the molecule is CCCCCCCCCCOC(=O)CCCP(=O)(OCC)OCC. The average Bonchev–Trinajstić information content (AvgIpc) is 2.53. The highest BCUT2D eigenvalue weighted by Crippen LogP contribution is 2.48. The van der Waals surface area contributed by atoms with Crippen LogP contribution in [0.15, 0.2) is 0 Å². The van der Waals surface area contributed by atoms with E-state index in [2.05, 4.69) is 6.92 Å². The zero-order valence-electron chi connectivity index (χ0n) is 15.9. The van der Waals surface area contributed by atoms with Gasteiger partial charge in [0, 0.05) is 6.42 Å². The third-order valence-corrected chi connectivity index (χ3v) is 5.89. The summed E-state index contributed by atoms with van der Waals surface area (Å²) in [5.74, 6) is -0.225. The fourth-order valence-electron chi connectivity index (χ4n) is 2.47. The quantitative estimate of drug-likeness (QED) is 0.188. The summed E-state index contributed by atoms with van der Waals surface area (Å²) in [7, 11) is -3.04. The largest absolute Gasteiger partial charge is 0.466 e. The average molecular weight is 364 g/mol. The van der Waals surface area contributed by atoms with Gasteiger partial charge in [0.05, 0.1) is 26.0 Å². The molecule has 0 fully saturated rings. The van der Waals surface area contributed by atoms with Gasteiger partial charge in [-0.2, -0.15) is 0 Å². The molecule has 0 rings (SSSR count). The summed E-state index contributed by atoms with van der Waals surface area (Å²) in [5.41, 5.74) is 0. The van der Waals surface area contributed by atoms with Gasteiger partial charge in [-0.1, -0.05) is 51.9 Å². The number of hydrogen-bond donors (Lipinski definition) is 0. The summed E-state index contributed by atoms with van der Waals surface area (Å²) in [5, 5.41) is 0. The van der Waals surface area contributed by atoms with Gasteiger partial charge in [0.2, 0.25) is 0 Å². The molecule has 0 saturated carbocycles. The molecular formula is C18H37O5P. The first-order chi connectivity index (χ1) is 11.6. The van der Waals surface area contributed by atoms with E-state index in [1.165, 1.54) is 38.5 Å². The minimum Gasteiger partial charge on any atom is -0.466 e. The maximum absolute atomic E-state index is 12.2. The van der Waals surface area contributed by atoms with Crippen LogP contribution in [0.1, 0.15) is 85.0 Å². The highest BCUT2D eigenvalue weighted by atomic mass is 31.2. The van der Waals surface area contributed by atoms with E-state index in [0.717, 1.165) is 12.8 Å². The first-order valence-corrected chi connectivity index (χ1v) is 11.3. The van der Waals surface area contributed by atoms with Gasteiger partial charge < -0.3 is 13.8 Å². The molecule has 0 spiro atoms. The Hall–Kier alpha value is -0.380. The molecule has 0 aromatic heterocycles. The zero-order valence-corrected chi connectivity index (χ0v) is 16.8. The summed E-state index contributed by atoms with van der Waals surface area (Å²) in [6, 6.07) is 0. The van der Waals surface area contributed by atoms with Crippen LogP contribution in [-0.2, 0) is 23.1 Å². The van der Waals surface area contributed by atoms with Crippen molar-refractivity contribution < 1.29 is 23.1 Å². The van der Waals surface area contributed by atoms with Crippen LogP contribution in [0.4, 0.5) is 0 Å². The van der Waals surface area contributed by atoms with Crippen molar-refractivity contribution in [3.8, 4) is 0 Å². The lowest BCUT2D eigenvalue weighted by Crippen LogP contribution is -2.08. The van der Waals surface area contributed by atoms with Crippen LogP contribution in [0.5, 0.6) is 0 Å². The van der Waals surface area contributed by atoms with Crippen LogP contribution in [0.25, 0.3) is 0 Å². The molecule has 0 radical (unpaired) electrons. The second-order valence-corrected chi connectivity index (χ2v) is 8.15. The predicted molar refractivity (Wildman–Crippen MR) is 98.5 cm³/mol. The van der Waals surface area contributed by atoms with Gasteiger partial charge in [-0.3, -0.25) is 9.36 Å². The summed E-state index contributed by atoms with van der Waals surface area (Å²) >= 11 is 0. The number of carbonyl (C=O) groups excluding carboxylic acids is 1. The minimum absolute atomic E-state index is 0.225. The fourth-order valence-corrected chi connectivity index (χ4v) is 4.14. The van der Waals surface area contributed by atoms with Crippen LogP contribution in [0.2, 0.25) is 0 Å². The van der Waals surface area contributed by atoms with E-state index in [-0.39, 0.29) is 18.6 Å². The molecular weight excluding hydrogens is 327 g/mol. The number of hydrogen-bond acceptors (Lipinski definition) is 5. The lowest BCUT2D eigenvalue weighted by molar-refractivity contribution is -0.143. The third-order valence-electron chi connectivity index (χ3n) is 3.73. The third kappa shape index (κ3) is 14.0. The Bertz CT molecular complexity index is 336. The molecule has 0 aliphatic carbocycles. The van der Waals surface area contributed by atoms with Crippen LogP contribution in [-0.4, -0.2) is 32.0 Å². The van der Waals surface area contributed by atoms with Gasteiger partial charge >= 0.3 is 13.6 Å². The molecule has 0 bridgehead atoms. The highest BCUT2D eigenvalue weighted by molar-refractivity contribution is 7.53. The Labute approximate surface area is 148 Å². The van der Waals surface area contributed by atoms with Crippen LogP contribution < -0.4 is 0 Å². The van der Waals surface area contributed by atoms with Crippen LogP contribution >= 0.6 is 7.60 Å². The normalized spacial score (nSPS) is 11.6. The second-order valence-electron chi connectivity index (χ2n) is 5.97. The Balaban J connectivity index is 3.57. The number of carbonyl (C=O) groups is 1. The Kier molecular flexibility index (Phi) is 15.9. The summed E-state index contributed by atoms with van der Waals surface area (Å²) in [6.07, 6.45) is 10.8. The Morgan fingerprint density at radius 1 is 0.792 bits per heavy atom. The van der Waals surface area contributed by atoms with E-state index < -0.39 is 7.60 Å². The molecule has 0 N–H and O–H groups in total. The number of rotatable bonds is 17. The van der Waals surface area contributed by atoms with Crippen molar-refractivity contribution in [3.63, 3.8) is 0 Å². The number of esters is 1. The summed E-state index contributed by atoms with van der Waals surface area (Å²) in [4.78, 5) is 11.7. The van der Waals surface area contributed by atoms with Crippen molar-refractivity contribution >= 4 is 13.6 Å². The molecule has 0 unspecified atom stereocenters. The number of ether oxygens (including phenoxy) is 1. The monoisotopic (exact) mass is 364 g/mol. The molecule has 5 nitrogen and oxygen atoms in total. The van der Waals surface area contributed by atoms with Crippen molar-refractivity contribution in [1.82, 2.24) is 0 Å². The molecule has 0 saturated heterocycles. The summed E-state index contributed by atoms with van der Waals surface area (Å²) < 4.78 is 27.8. The van der Waals surface area contributed by atoms with E-state index in [1.807, 2.05) is 0 Å². The number of unbranched alkanes of at least 4 members (excludes halogenated alkanes) is 7. The smallest absolute Gasteiger partial charge is 0.330 e. The van der Waals surface area contributed by atoms with Crippen LogP contribution in [0, 0.1) is 0 Å². The maximum atomic E-state index is 12.2. The fraction of sp³-hybridized carbons (Fsp3) is 0.944.